The van der Waals surface area contributed by atoms with Crippen LogP contribution < -0.4 is 0 Å². The fraction of sp³-hybridized carbons (Fsp3) is 0.462. The van der Waals surface area contributed by atoms with Gasteiger partial charge in [0.2, 0.25) is 0 Å². The molecule has 0 aliphatic rings. The van der Waals surface area contributed by atoms with E-state index in [0.29, 0.717) is 11.0 Å². The van der Waals surface area contributed by atoms with Crippen LogP contribution in [0.4, 0.5) is 0 Å². The van der Waals surface area contributed by atoms with Crippen molar-refractivity contribution in [2.24, 2.45) is 0 Å². The molecule has 2 rings (SSSR count). The average molecular weight is 282 g/mol. The molecule has 0 fully saturated rings. The zero-order valence-electron chi connectivity index (χ0n) is 11.2. The van der Waals surface area contributed by atoms with E-state index in [1.54, 1.807) is 11.3 Å². The summed E-state index contributed by atoms with van der Waals surface area (Å²) in [4.78, 5) is 13.3. The van der Waals surface area contributed by atoms with E-state index in [9.17, 15) is 0 Å². The van der Waals surface area contributed by atoms with Crippen molar-refractivity contribution in [3.05, 3.63) is 26.8 Å². The lowest BCUT2D eigenvalue weighted by molar-refractivity contribution is 0.586. The second kappa shape index (κ2) is 4.59. The summed E-state index contributed by atoms with van der Waals surface area (Å²) in [7, 11) is 0. The van der Waals surface area contributed by atoms with Gasteiger partial charge in [0.05, 0.1) is 5.01 Å². The highest BCUT2D eigenvalue weighted by molar-refractivity contribution is 7.10. The molecule has 0 N–H and O–H groups in total. The van der Waals surface area contributed by atoms with E-state index in [4.69, 9.17) is 11.6 Å². The molecule has 2 aromatic heterocycles. The van der Waals surface area contributed by atoms with Gasteiger partial charge >= 0.3 is 0 Å². The van der Waals surface area contributed by atoms with Gasteiger partial charge in [0, 0.05) is 22.1 Å². The predicted molar refractivity (Wildman–Crippen MR) is 76.3 cm³/mol. The Morgan fingerprint density at radius 1 is 1.11 bits per heavy atom. The molecule has 0 aliphatic heterocycles. The zero-order valence-corrected chi connectivity index (χ0v) is 12.8. The standard InChI is InChI=1S/C13H16ClN3S/c1-7-8(2)15-11(17-10(7)14)9-6-18-12(16-9)13(3,4)5/h6H,1-5H3. The summed E-state index contributed by atoms with van der Waals surface area (Å²) >= 11 is 7.72. The lowest BCUT2D eigenvalue weighted by Gasteiger charge is -2.13. The molecule has 0 atom stereocenters. The lowest BCUT2D eigenvalue weighted by atomic mass is 9.98. The molecule has 0 bridgehead atoms. The highest BCUT2D eigenvalue weighted by atomic mass is 35.5. The Balaban J connectivity index is 2.47. The van der Waals surface area contributed by atoms with Crippen LogP contribution in [-0.4, -0.2) is 15.0 Å². The molecule has 0 amide bonds. The average Bonchev–Trinajstić information content (AvgIpc) is 2.73. The molecule has 0 spiro atoms. The summed E-state index contributed by atoms with van der Waals surface area (Å²) in [6, 6.07) is 0. The first-order chi connectivity index (χ1) is 8.29. The number of rotatable bonds is 1. The topological polar surface area (TPSA) is 38.7 Å². The van der Waals surface area contributed by atoms with Gasteiger partial charge in [-0.2, -0.15) is 0 Å². The van der Waals surface area contributed by atoms with Crippen LogP contribution in [-0.2, 0) is 5.41 Å². The van der Waals surface area contributed by atoms with E-state index < -0.39 is 0 Å². The lowest BCUT2D eigenvalue weighted by Crippen LogP contribution is -2.10. The predicted octanol–water partition coefficient (Wildman–Crippen LogP) is 4.17. The molecule has 2 heterocycles. The minimum atomic E-state index is 0.0481. The maximum Gasteiger partial charge on any atom is 0.180 e. The van der Waals surface area contributed by atoms with Gasteiger partial charge in [0.25, 0.3) is 0 Å². The van der Waals surface area contributed by atoms with Crippen molar-refractivity contribution in [3.63, 3.8) is 0 Å². The summed E-state index contributed by atoms with van der Waals surface area (Å²) in [6.45, 7) is 10.3. The number of nitrogens with zero attached hydrogens (tertiary/aromatic N) is 3. The van der Waals surface area contributed by atoms with Crippen LogP contribution in [0.2, 0.25) is 5.15 Å². The van der Waals surface area contributed by atoms with Crippen LogP contribution in [0.15, 0.2) is 5.38 Å². The maximum absolute atomic E-state index is 6.09. The van der Waals surface area contributed by atoms with Crippen molar-refractivity contribution >= 4 is 22.9 Å². The highest BCUT2D eigenvalue weighted by Gasteiger charge is 2.19. The second-order valence-corrected chi connectivity index (χ2v) is 6.55. The Morgan fingerprint density at radius 3 is 2.28 bits per heavy atom. The summed E-state index contributed by atoms with van der Waals surface area (Å²) in [6.07, 6.45) is 0. The van der Waals surface area contributed by atoms with Crippen molar-refractivity contribution in [1.29, 1.82) is 0 Å². The minimum absolute atomic E-state index is 0.0481. The molecule has 2 aromatic rings. The number of hydrogen-bond acceptors (Lipinski definition) is 4. The summed E-state index contributed by atoms with van der Waals surface area (Å²) in [5, 5.41) is 3.57. The van der Waals surface area contributed by atoms with Crippen molar-refractivity contribution in [2.45, 2.75) is 40.0 Å². The fourth-order valence-electron chi connectivity index (χ4n) is 1.43. The third-order valence-electron chi connectivity index (χ3n) is 2.70. The van der Waals surface area contributed by atoms with Crippen LogP contribution in [0.5, 0.6) is 0 Å². The molecule has 5 heteroatoms. The molecule has 0 aliphatic carbocycles. The van der Waals surface area contributed by atoms with E-state index in [2.05, 4.69) is 35.7 Å². The third-order valence-corrected chi connectivity index (χ3v) is 4.34. The first-order valence-electron chi connectivity index (χ1n) is 5.76. The quantitative estimate of drug-likeness (QED) is 0.737. The van der Waals surface area contributed by atoms with Gasteiger partial charge in [0.1, 0.15) is 10.8 Å². The normalized spacial score (nSPS) is 11.9. The van der Waals surface area contributed by atoms with Crippen molar-refractivity contribution in [2.75, 3.05) is 0 Å². The Kier molecular flexibility index (Phi) is 3.43. The maximum atomic E-state index is 6.09. The molecule has 3 nitrogen and oxygen atoms in total. The van der Waals surface area contributed by atoms with E-state index in [1.807, 2.05) is 19.2 Å². The number of thiazole rings is 1. The SMILES string of the molecule is Cc1nc(-c2csc(C(C)(C)C)n2)nc(Cl)c1C. The van der Waals surface area contributed by atoms with Gasteiger partial charge < -0.3 is 0 Å². The molecule has 96 valence electrons. The van der Waals surface area contributed by atoms with Gasteiger partial charge in [-0.05, 0) is 13.8 Å². The van der Waals surface area contributed by atoms with Gasteiger partial charge in [-0.15, -0.1) is 11.3 Å². The fourth-order valence-corrected chi connectivity index (χ4v) is 2.53. The number of hydrogen-bond donors (Lipinski definition) is 0. The Labute approximate surface area is 116 Å². The molecular weight excluding hydrogens is 266 g/mol. The van der Waals surface area contributed by atoms with Crippen LogP contribution >= 0.6 is 22.9 Å². The first-order valence-corrected chi connectivity index (χ1v) is 7.02. The zero-order chi connectivity index (χ0) is 13.5. The van der Waals surface area contributed by atoms with Crippen LogP contribution in [0, 0.1) is 13.8 Å². The van der Waals surface area contributed by atoms with Gasteiger partial charge in [0.15, 0.2) is 5.82 Å². The van der Waals surface area contributed by atoms with Gasteiger partial charge in [-0.3, -0.25) is 0 Å². The second-order valence-electron chi connectivity index (χ2n) is 5.34. The number of aryl methyl sites for hydroxylation is 1. The molecule has 0 unspecified atom stereocenters. The van der Waals surface area contributed by atoms with Crippen LogP contribution in [0.3, 0.4) is 0 Å². The molecule has 0 radical (unpaired) electrons. The van der Waals surface area contributed by atoms with Gasteiger partial charge in [-0.1, -0.05) is 32.4 Å². The van der Waals surface area contributed by atoms with Gasteiger partial charge in [-0.25, -0.2) is 15.0 Å². The van der Waals surface area contributed by atoms with Crippen LogP contribution in [0.1, 0.15) is 37.0 Å². The minimum Gasteiger partial charge on any atom is -0.237 e. The third kappa shape index (κ3) is 2.54. The monoisotopic (exact) mass is 281 g/mol. The largest absolute Gasteiger partial charge is 0.237 e. The number of halogens is 1. The Bertz CT molecular complexity index is 561. The van der Waals surface area contributed by atoms with Crippen LogP contribution in [0.25, 0.3) is 11.5 Å². The molecule has 0 saturated carbocycles. The molecular formula is C13H16ClN3S. The number of aromatic nitrogens is 3. The van der Waals surface area contributed by atoms with Crippen molar-refractivity contribution in [1.82, 2.24) is 15.0 Å². The molecule has 0 aromatic carbocycles. The Hall–Kier alpha value is -1.00. The smallest absolute Gasteiger partial charge is 0.180 e. The van der Waals surface area contributed by atoms with Crippen molar-refractivity contribution < 1.29 is 0 Å². The van der Waals surface area contributed by atoms with E-state index >= 15 is 0 Å². The van der Waals surface area contributed by atoms with E-state index in [0.717, 1.165) is 22.0 Å². The molecule has 18 heavy (non-hydrogen) atoms. The van der Waals surface area contributed by atoms with Crippen molar-refractivity contribution in [3.8, 4) is 11.5 Å². The van der Waals surface area contributed by atoms with E-state index in [-0.39, 0.29) is 5.41 Å². The summed E-state index contributed by atoms with van der Waals surface area (Å²) in [5.41, 5.74) is 2.67. The first kappa shape index (κ1) is 13.4. The Morgan fingerprint density at radius 2 is 1.78 bits per heavy atom. The van der Waals surface area contributed by atoms with E-state index in [1.165, 1.54) is 0 Å². The summed E-state index contributed by atoms with van der Waals surface area (Å²) in [5.74, 6) is 0.606. The summed E-state index contributed by atoms with van der Waals surface area (Å²) < 4.78 is 0. The molecule has 0 saturated heterocycles. The highest BCUT2D eigenvalue weighted by Crippen LogP contribution is 2.29.